The van der Waals surface area contributed by atoms with Crippen LogP contribution in [0, 0.1) is 39.9 Å². The molecule has 0 bridgehead atoms. The Morgan fingerprint density at radius 3 is 2.68 bits per heavy atom. The first-order valence-electron chi connectivity index (χ1n) is 9.31. The van der Waals surface area contributed by atoms with Crippen LogP contribution < -0.4 is 0 Å². The molecule has 1 N–H and O–H groups in total. The van der Waals surface area contributed by atoms with Gasteiger partial charge in [0.25, 0.3) is 0 Å². The van der Waals surface area contributed by atoms with Gasteiger partial charge in [-0.05, 0) is 74.0 Å². The minimum Gasteiger partial charge on any atom is -0.299 e. The molecule has 0 aliphatic heterocycles. The molecule has 0 radical (unpaired) electrons. The maximum absolute atomic E-state index is 12.5. The Hall–Kier alpha value is -0.410. The van der Waals surface area contributed by atoms with Crippen LogP contribution in [0.3, 0.4) is 0 Å². The van der Waals surface area contributed by atoms with Crippen molar-refractivity contribution in [2.45, 2.75) is 71.3 Å². The smallest absolute Gasteiger partial charge is 0.139 e. The number of ketones is 1. The van der Waals surface area contributed by atoms with Crippen LogP contribution in [0.5, 0.6) is 0 Å². The second-order valence-corrected chi connectivity index (χ2v) is 9.52. The summed E-state index contributed by atoms with van der Waals surface area (Å²) in [7, 11) is 0. The van der Waals surface area contributed by atoms with Crippen molar-refractivity contribution in [3.8, 4) is 0 Å². The Morgan fingerprint density at radius 2 is 1.95 bits per heavy atom. The molecule has 5 fully saturated rings. The number of carbonyl (C=O) groups excluding carboxylic acids is 1. The maximum Gasteiger partial charge on any atom is 0.139 e. The molecule has 122 valence electrons. The summed E-state index contributed by atoms with van der Waals surface area (Å²) >= 11 is 0. The summed E-state index contributed by atoms with van der Waals surface area (Å²) < 4.78 is 0. The van der Waals surface area contributed by atoms with Gasteiger partial charge in [0, 0.05) is 17.3 Å². The molecular formula is C19H28O3. The number of hydrogen-bond donors (Lipinski definition) is 1. The summed E-state index contributed by atoms with van der Waals surface area (Å²) in [5.74, 6) is 3.14. The van der Waals surface area contributed by atoms with Crippen LogP contribution in [-0.2, 0) is 9.68 Å². The molecule has 5 aliphatic carbocycles. The molecule has 5 saturated carbocycles. The van der Waals surface area contributed by atoms with Crippen molar-refractivity contribution in [2.75, 3.05) is 0 Å². The first-order chi connectivity index (χ1) is 10.5. The van der Waals surface area contributed by atoms with Gasteiger partial charge in [0.1, 0.15) is 5.78 Å². The van der Waals surface area contributed by atoms with E-state index in [4.69, 9.17) is 4.89 Å². The van der Waals surface area contributed by atoms with Crippen LogP contribution in [0.15, 0.2) is 0 Å². The number of fused-ring (bicyclic) bond motifs is 4. The zero-order chi connectivity index (χ0) is 15.3. The highest BCUT2D eigenvalue weighted by molar-refractivity contribution is 5.87. The Morgan fingerprint density at radius 1 is 1.14 bits per heavy atom. The van der Waals surface area contributed by atoms with Gasteiger partial charge in [-0.3, -0.25) is 10.1 Å². The lowest BCUT2D eigenvalue weighted by atomic mass is 9.46. The molecule has 3 heteroatoms. The fourth-order valence-electron chi connectivity index (χ4n) is 8.18. The summed E-state index contributed by atoms with van der Waals surface area (Å²) in [6.07, 6.45) is 9.05. The lowest BCUT2D eigenvalue weighted by Crippen LogP contribution is -2.56. The maximum atomic E-state index is 12.5. The molecule has 22 heavy (non-hydrogen) atoms. The van der Waals surface area contributed by atoms with Crippen molar-refractivity contribution in [3.05, 3.63) is 0 Å². The molecule has 0 amide bonds. The van der Waals surface area contributed by atoms with E-state index in [0.717, 1.165) is 37.5 Å². The predicted molar refractivity (Wildman–Crippen MR) is 82.1 cm³/mol. The summed E-state index contributed by atoms with van der Waals surface area (Å²) in [6, 6.07) is 0. The Balaban J connectivity index is 1.57. The zero-order valence-corrected chi connectivity index (χ0v) is 13.8. The highest BCUT2D eigenvalue weighted by atomic mass is 17.1. The van der Waals surface area contributed by atoms with Crippen molar-refractivity contribution in [1.82, 2.24) is 0 Å². The monoisotopic (exact) mass is 304 g/mol. The van der Waals surface area contributed by atoms with Gasteiger partial charge in [0.15, 0.2) is 0 Å². The predicted octanol–water partition coefficient (Wildman–Crippen LogP) is 4.07. The summed E-state index contributed by atoms with van der Waals surface area (Å²) in [5.41, 5.74) is 0.518. The lowest BCUT2D eigenvalue weighted by Gasteiger charge is -2.59. The second-order valence-electron chi connectivity index (χ2n) is 9.52. The van der Waals surface area contributed by atoms with Gasteiger partial charge in [0.2, 0.25) is 0 Å². The minimum absolute atomic E-state index is 0.0179. The molecule has 5 rings (SSSR count). The van der Waals surface area contributed by atoms with Crippen molar-refractivity contribution < 1.29 is 14.9 Å². The normalized spacial score (nSPS) is 62.1. The summed E-state index contributed by atoms with van der Waals surface area (Å²) in [5, 5.41) is 9.62. The highest BCUT2D eigenvalue weighted by Gasteiger charge is 2.77. The fourth-order valence-corrected chi connectivity index (χ4v) is 8.18. The standard InChI is InChI=1S/C19H28O3/c1-17-7-6-14-12(13(17)3-4-15(17)20)9-16(22-21)19-10-11(19)5-8-18(14,19)2/h11-14,16,21H,3-10H2,1-2H3. The SMILES string of the molecule is CC12CCC3C(CC(OO)C45CC4CCC35C)C1CCC2=O. The van der Waals surface area contributed by atoms with E-state index < -0.39 is 0 Å². The van der Waals surface area contributed by atoms with E-state index >= 15 is 0 Å². The van der Waals surface area contributed by atoms with Crippen LogP contribution in [0.4, 0.5) is 0 Å². The number of Topliss-reactive ketones (excluding diaryl/α,β-unsaturated/α-hetero) is 1. The molecule has 0 heterocycles. The van der Waals surface area contributed by atoms with Gasteiger partial charge in [-0.2, -0.15) is 0 Å². The lowest BCUT2D eigenvalue weighted by molar-refractivity contribution is -0.324. The molecule has 0 saturated heterocycles. The average Bonchev–Trinajstić information content (AvgIpc) is 3.05. The minimum atomic E-state index is -0.0798. The average molecular weight is 304 g/mol. The van der Waals surface area contributed by atoms with Crippen molar-refractivity contribution in [2.24, 2.45) is 39.9 Å². The molecule has 8 unspecified atom stereocenters. The van der Waals surface area contributed by atoms with Gasteiger partial charge in [0.05, 0.1) is 6.10 Å². The summed E-state index contributed by atoms with van der Waals surface area (Å²) in [4.78, 5) is 17.5. The highest BCUT2D eigenvalue weighted by Crippen LogP contribution is 2.81. The second kappa shape index (κ2) is 3.97. The first kappa shape index (κ1) is 14.0. The molecule has 8 atom stereocenters. The van der Waals surface area contributed by atoms with Crippen molar-refractivity contribution in [3.63, 3.8) is 0 Å². The van der Waals surface area contributed by atoms with Gasteiger partial charge < -0.3 is 0 Å². The van der Waals surface area contributed by atoms with Gasteiger partial charge >= 0.3 is 0 Å². The summed E-state index contributed by atoms with van der Waals surface area (Å²) in [6.45, 7) is 4.71. The number of rotatable bonds is 1. The van der Waals surface area contributed by atoms with E-state index in [1.165, 1.54) is 25.7 Å². The third-order valence-electron chi connectivity index (χ3n) is 9.38. The molecule has 5 aliphatic rings. The third kappa shape index (κ3) is 1.28. The van der Waals surface area contributed by atoms with Crippen LogP contribution in [-0.4, -0.2) is 17.1 Å². The third-order valence-corrected chi connectivity index (χ3v) is 9.38. The van der Waals surface area contributed by atoms with E-state index in [1.54, 1.807) is 0 Å². The molecule has 3 nitrogen and oxygen atoms in total. The van der Waals surface area contributed by atoms with Crippen LogP contribution in [0.2, 0.25) is 0 Å². The van der Waals surface area contributed by atoms with E-state index in [1.807, 2.05) is 0 Å². The molecule has 1 spiro atoms. The van der Waals surface area contributed by atoms with Crippen molar-refractivity contribution in [1.29, 1.82) is 0 Å². The van der Waals surface area contributed by atoms with Crippen LogP contribution in [0.25, 0.3) is 0 Å². The van der Waals surface area contributed by atoms with Gasteiger partial charge in [-0.25, -0.2) is 4.89 Å². The Bertz CT molecular complexity index is 545. The molecular weight excluding hydrogens is 276 g/mol. The number of carbonyl (C=O) groups is 1. The van der Waals surface area contributed by atoms with E-state index in [0.29, 0.717) is 23.0 Å². The van der Waals surface area contributed by atoms with Crippen LogP contribution in [0.1, 0.15) is 65.2 Å². The fraction of sp³-hybridized carbons (Fsp3) is 0.947. The largest absolute Gasteiger partial charge is 0.299 e. The topological polar surface area (TPSA) is 46.5 Å². The van der Waals surface area contributed by atoms with Crippen molar-refractivity contribution >= 4 is 5.78 Å². The van der Waals surface area contributed by atoms with Gasteiger partial charge in [-0.15, -0.1) is 0 Å². The quantitative estimate of drug-likeness (QED) is 0.587. The van der Waals surface area contributed by atoms with E-state index in [2.05, 4.69) is 13.8 Å². The first-order valence-corrected chi connectivity index (χ1v) is 9.31. The van der Waals surface area contributed by atoms with E-state index in [-0.39, 0.29) is 16.9 Å². The molecule has 0 aromatic rings. The van der Waals surface area contributed by atoms with E-state index in [9.17, 15) is 10.1 Å². The Labute approximate surface area is 132 Å². The Kier molecular flexibility index (Phi) is 2.52. The molecule has 0 aromatic carbocycles. The molecule has 0 aromatic heterocycles. The number of hydrogen-bond acceptors (Lipinski definition) is 3. The zero-order valence-electron chi connectivity index (χ0n) is 13.8. The van der Waals surface area contributed by atoms with Gasteiger partial charge in [-0.1, -0.05) is 13.8 Å². The van der Waals surface area contributed by atoms with Crippen LogP contribution >= 0.6 is 0 Å².